The van der Waals surface area contributed by atoms with Gasteiger partial charge in [0.25, 0.3) is 0 Å². The van der Waals surface area contributed by atoms with Crippen molar-refractivity contribution in [1.82, 2.24) is 4.57 Å². The average molecular weight is 231 g/mol. The topological polar surface area (TPSA) is 4.93 Å². The van der Waals surface area contributed by atoms with E-state index in [9.17, 15) is 13.2 Å². The summed E-state index contributed by atoms with van der Waals surface area (Å²) in [6, 6.07) is 2.64. The third-order valence-electron chi connectivity index (χ3n) is 3.41. The fourth-order valence-electron chi connectivity index (χ4n) is 2.59. The summed E-state index contributed by atoms with van der Waals surface area (Å²) in [5, 5.41) is 0. The lowest BCUT2D eigenvalue weighted by Crippen LogP contribution is -2.17. The number of halogens is 3. The van der Waals surface area contributed by atoms with Crippen LogP contribution in [0.2, 0.25) is 0 Å². The molecule has 0 aliphatic heterocycles. The van der Waals surface area contributed by atoms with Gasteiger partial charge in [0.2, 0.25) is 0 Å². The summed E-state index contributed by atoms with van der Waals surface area (Å²) in [5.41, 5.74) is -0.354. The summed E-state index contributed by atoms with van der Waals surface area (Å²) in [6.45, 7) is 4.23. The molecule has 1 aromatic rings. The van der Waals surface area contributed by atoms with Gasteiger partial charge >= 0.3 is 6.18 Å². The number of aromatic nitrogens is 1. The highest BCUT2D eigenvalue weighted by Crippen LogP contribution is 2.45. The minimum Gasteiger partial charge on any atom is -0.341 e. The van der Waals surface area contributed by atoms with E-state index in [1.165, 1.54) is 10.6 Å². The second kappa shape index (κ2) is 3.54. The second-order valence-corrected chi connectivity index (χ2v) is 5.36. The standard InChI is InChI=1S/C12H16F3N/c1-11(2)6-5-9(8-11)16-7-3-4-10(16)12(13,14)15/h3-4,7,9H,5-6,8H2,1-2H3. The Balaban J connectivity index is 2.26. The van der Waals surface area contributed by atoms with Gasteiger partial charge in [-0.05, 0) is 36.8 Å². The van der Waals surface area contributed by atoms with Gasteiger partial charge in [-0.25, -0.2) is 0 Å². The molecular formula is C12H16F3N. The van der Waals surface area contributed by atoms with E-state index in [0.29, 0.717) is 0 Å². The molecule has 1 nitrogen and oxygen atoms in total. The minimum atomic E-state index is -4.24. The normalized spacial score (nSPS) is 24.9. The molecule has 16 heavy (non-hydrogen) atoms. The van der Waals surface area contributed by atoms with Gasteiger partial charge in [0.1, 0.15) is 5.69 Å². The Bertz CT molecular complexity index is 376. The van der Waals surface area contributed by atoms with E-state index >= 15 is 0 Å². The van der Waals surface area contributed by atoms with E-state index < -0.39 is 11.9 Å². The van der Waals surface area contributed by atoms with Gasteiger partial charge in [0.15, 0.2) is 0 Å². The first-order valence-corrected chi connectivity index (χ1v) is 5.54. The molecule has 1 aliphatic carbocycles. The van der Waals surface area contributed by atoms with E-state index in [0.717, 1.165) is 25.3 Å². The SMILES string of the molecule is CC1(C)CCC(n2cccc2C(F)(F)F)C1. The molecule has 0 bridgehead atoms. The first-order chi connectivity index (χ1) is 7.30. The number of rotatable bonds is 1. The molecule has 0 saturated heterocycles. The van der Waals surface area contributed by atoms with Crippen molar-refractivity contribution in [3.8, 4) is 0 Å². The molecule has 1 aliphatic rings. The lowest BCUT2D eigenvalue weighted by atomic mass is 9.92. The van der Waals surface area contributed by atoms with Crippen molar-refractivity contribution < 1.29 is 13.2 Å². The average Bonchev–Trinajstić information content (AvgIpc) is 2.68. The van der Waals surface area contributed by atoms with Crippen LogP contribution in [0.1, 0.15) is 44.8 Å². The molecule has 4 heteroatoms. The molecule has 1 fully saturated rings. The van der Waals surface area contributed by atoms with E-state index in [-0.39, 0.29) is 11.5 Å². The number of alkyl halides is 3. The molecular weight excluding hydrogens is 215 g/mol. The van der Waals surface area contributed by atoms with Gasteiger partial charge in [0.05, 0.1) is 0 Å². The molecule has 1 atom stereocenters. The highest BCUT2D eigenvalue weighted by atomic mass is 19.4. The Morgan fingerprint density at radius 2 is 2.06 bits per heavy atom. The summed E-state index contributed by atoms with van der Waals surface area (Å²) in [5.74, 6) is 0. The zero-order valence-corrected chi connectivity index (χ0v) is 9.51. The monoisotopic (exact) mass is 231 g/mol. The van der Waals surface area contributed by atoms with Crippen LogP contribution >= 0.6 is 0 Å². The lowest BCUT2D eigenvalue weighted by Gasteiger charge is -2.20. The Hall–Kier alpha value is -0.930. The van der Waals surface area contributed by atoms with Crippen LogP contribution in [-0.2, 0) is 6.18 Å². The van der Waals surface area contributed by atoms with Crippen molar-refractivity contribution >= 4 is 0 Å². The molecule has 1 saturated carbocycles. The van der Waals surface area contributed by atoms with E-state index in [2.05, 4.69) is 13.8 Å². The highest BCUT2D eigenvalue weighted by molar-refractivity contribution is 5.13. The van der Waals surface area contributed by atoms with Crippen LogP contribution in [0.25, 0.3) is 0 Å². The highest BCUT2D eigenvalue weighted by Gasteiger charge is 2.38. The molecule has 1 heterocycles. The minimum absolute atomic E-state index is 0.00150. The summed E-state index contributed by atoms with van der Waals surface area (Å²) < 4.78 is 39.5. The van der Waals surface area contributed by atoms with Gasteiger partial charge in [-0.3, -0.25) is 0 Å². The quantitative estimate of drug-likeness (QED) is 0.680. The maximum atomic E-state index is 12.7. The molecule has 0 spiro atoms. The zero-order valence-electron chi connectivity index (χ0n) is 9.51. The molecule has 1 unspecified atom stereocenters. The Labute approximate surface area is 93.3 Å². The van der Waals surface area contributed by atoms with Crippen molar-refractivity contribution in [2.45, 2.75) is 45.3 Å². The summed E-state index contributed by atoms with van der Waals surface area (Å²) in [4.78, 5) is 0. The van der Waals surface area contributed by atoms with Gasteiger partial charge in [0, 0.05) is 12.2 Å². The Kier molecular flexibility index (Phi) is 2.55. The fraction of sp³-hybridized carbons (Fsp3) is 0.667. The van der Waals surface area contributed by atoms with Crippen LogP contribution in [0.5, 0.6) is 0 Å². The molecule has 0 N–H and O–H groups in total. The maximum Gasteiger partial charge on any atom is 0.431 e. The van der Waals surface area contributed by atoms with Gasteiger partial charge in [-0.1, -0.05) is 13.8 Å². The van der Waals surface area contributed by atoms with Crippen LogP contribution in [0, 0.1) is 5.41 Å². The van der Waals surface area contributed by atoms with Crippen LogP contribution in [0.15, 0.2) is 18.3 Å². The predicted molar refractivity (Wildman–Crippen MR) is 56.1 cm³/mol. The molecule has 0 radical (unpaired) electrons. The van der Waals surface area contributed by atoms with Gasteiger partial charge in [-0.2, -0.15) is 13.2 Å². The molecule has 1 aromatic heterocycles. The van der Waals surface area contributed by atoms with Crippen molar-refractivity contribution in [2.75, 3.05) is 0 Å². The van der Waals surface area contributed by atoms with E-state index in [1.807, 2.05) is 0 Å². The number of hydrogen-bond donors (Lipinski definition) is 0. The second-order valence-electron chi connectivity index (χ2n) is 5.36. The van der Waals surface area contributed by atoms with Crippen molar-refractivity contribution in [3.63, 3.8) is 0 Å². The Morgan fingerprint density at radius 1 is 1.38 bits per heavy atom. The largest absolute Gasteiger partial charge is 0.431 e. The molecule has 2 rings (SSSR count). The fourth-order valence-corrected chi connectivity index (χ4v) is 2.59. The number of nitrogens with zero attached hydrogens (tertiary/aromatic N) is 1. The van der Waals surface area contributed by atoms with Gasteiger partial charge in [-0.15, -0.1) is 0 Å². The van der Waals surface area contributed by atoms with Crippen molar-refractivity contribution in [1.29, 1.82) is 0 Å². The first-order valence-electron chi connectivity index (χ1n) is 5.54. The smallest absolute Gasteiger partial charge is 0.341 e. The van der Waals surface area contributed by atoms with E-state index in [4.69, 9.17) is 0 Å². The first kappa shape index (κ1) is 11.6. The summed E-state index contributed by atoms with van der Waals surface area (Å²) in [7, 11) is 0. The van der Waals surface area contributed by atoms with Crippen molar-refractivity contribution in [2.24, 2.45) is 5.41 Å². The summed E-state index contributed by atoms with van der Waals surface area (Å²) >= 11 is 0. The molecule has 0 amide bonds. The lowest BCUT2D eigenvalue weighted by molar-refractivity contribution is -0.144. The zero-order chi connectivity index (χ0) is 12.0. The van der Waals surface area contributed by atoms with Gasteiger partial charge < -0.3 is 4.57 Å². The maximum absolute atomic E-state index is 12.7. The number of hydrogen-bond acceptors (Lipinski definition) is 0. The van der Waals surface area contributed by atoms with Crippen molar-refractivity contribution in [3.05, 3.63) is 24.0 Å². The Morgan fingerprint density at radius 3 is 2.56 bits per heavy atom. The van der Waals surface area contributed by atoms with Crippen LogP contribution < -0.4 is 0 Å². The van der Waals surface area contributed by atoms with Crippen LogP contribution in [-0.4, -0.2) is 4.57 Å². The molecule has 90 valence electrons. The predicted octanol–water partition coefficient (Wildman–Crippen LogP) is 4.26. The third kappa shape index (κ3) is 2.11. The van der Waals surface area contributed by atoms with Crippen LogP contribution in [0.3, 0.4) is 0 Å². The summed E-state index contributed by atoms with van der Waals surface area (Å²) in [6.07, 6.45) is -0.0339. The molecule has 0 aromatic carbocycles. The van der Waals surface area contributed by atoms with Crippen LogP contribution in [0.4, 0.5) is 13.2 Å². The van der Waals surface area contributed by atoms with E-state index in [1.54, 1.807) is 6.20 Å². The third-order valence-corrected chi connectivity index (χ3v) is 3.41.